The van der Waals surface area contributed by atoms with Crippen LogP contribution in [-0.4, -0.2) is 15.3 Å². The highest BCUT2D eigenvalue weighted by Crippen LogP contribution is 2.31. The van der Waals surface area contributed by atoms with Gasteiger partial charge in [-0.2, -0.15) is 0 Å². The molecule has 5 nitrogen and oxygen atoms in total. The van der Waals surface area contributed by atoms with E-state index in [1.807, 2.05) is 48.7 Å². The second kappa shape index (κ2) is 6.36. The molecule has 0 radical (unpaired) electrons. The van der Waals surface area contributed by atoms with Gasteiger partial charge in [-0.15, -0.1) is 0 Å². The number of benzene rings is 2. The first-order chi connectivity index (χ1) is 11.9. The number of hydrogen-bond donors (Lipinski definition) is 0. The van der Waals surface area contributed by atoms with E-state index >= 15 is 0 Å². The van der Waals surface area contributed by atoms with Crippen molar-refractivity contribution < 1.29 is 9.72 Å². The van der Waals surface area contributed by atoms with Crippen LogP contribution in [0.5, 0.6) is 0 Å². The van der Waals surface area contributed by atoms with Crippen LogP contribution in [0.25, 0.3) is 16.9 Å². The highest BCUT2D eigenvalue weighted by molar-refractivity contribution is 5.97. The van der Waals surface area contributed by atoms with E-state index in [2.05, 4.69) is 0 Å². The van der Waals surface area contributed by atoms with Crippen LogP contribution in [0.2, 0.25) is 0 Å². The highest BCUT2D eigenvalue weighted by Gasteiger charge is 2.18. The van der Waals surface area contributed by atoms with E-state index in [4.69, 9.17) is 0 Å². The van der Waals surface area contributed by atoms with Crippen LogP contribution in [0.4, 0.5) is 5.69 Å². The molecule has 1 aromatic heterocycles. The average Bonchev–Trinajstić information content (AvgIpc) is 2.93. The SMILES string of the molecule is CC(=O)c1cc(-c2cccc([N+](=O)[O-])c2)n(-c2ccc(C)cc2)c1C. The zero-order valence-corrected chi connectivity index (χ0v) is 14.3. The quantitative estimate of drug-likeness (QED) is 0.388. The van der Waals surface area contributed by atoms with Gasteiger partial charge in [0.15, 0.2) is 5.78 Å². The Labute approximate surface area is 145 Å². The Bertz CT molecular complexity index is 969. The number of rotatable bonds is 4. The van der Waals surface area contributed by atoms with E-state index in [-0.39, 0.29) is 11.5 Å². The maximum Gasteiger partial charge on any atom is 0.270 e. The summed E-state index contributed by atoms with van der Waals surface area (Å²) in [6.07, 6.45) is 0. The minimum absolute atomic E-state index is 0.0242. The minimum Gasteiger partial charge on any atom is -0.313 e. The molecule has 0 saturated carbocycles. The van der Waals surface area contributed by atoms with E-state index in [0.29, 0.717) is 11.1 Å². The number of carbonyl (C=O) groups is 1. The molecule has 3 rings (SSSR count). The third-order valence-corrected chi connectivity index (χ3v) is 4.27. The van der Waals surface area contributed by atoms with Gasteiger partial charge in [-0.05, 0) is 39.0 Å². The van der Waals surface area contributed by atoms with E-state index in [1.165, 1.54) is 19.1 Å². The summed E-state index contributed by atoms with van der Waals surface area (Å²) >= 11 is 0. The smallest absolute Gasteiger partial charge is 0.270 e. The van der Waals surface area contributed by atoms with Gasteiger partial charge in [0.1, 0.15) is 0 Å². The molecule has 0 unspecified atom stereocenters. The number of Topliss-reactive ketones (excluding diaryl/α,β-unsaturated/α-hetero) is 1. The van der Waals surface area contributed by atoms with Gasteiger partial charge >= 0.3 is 0 Å². The lowest BCUT2D eigenvalue weighted by molar-refractivity contribution is -0.384. The molecule has 0 spiro atoms. The lowest BCUT2D eigenvalue weighted by Crippen LogP contribution is -2.01. The second-order valence-electron chi connectivity index (χ2n) is 6.06. The number of ketones is 1. The van der Waals surface area contributed by atoms with Crippen molar-refractivity contribution in [1.82, 2.24) is 4.57 Å². The zero-order valence-electron chi connectivity index (χ0n) is 14.3. The molecule has 0 aliphatic heterocycles. The Hall–Kier alpha value is -3.21. The lowest BCUT2D eigenvalue weighted by Gasteiger charge is -2.12. The van der Waals surface area contributed by atoms with Gasteiger partial charge in [-0.3, -0.25) is 14.9 Å². The molecular weight excluding hydrogens is 316 g/mol. The third kappa shape index (κ3) is 3.08. The van der Waals surface area contributed by atoms with Crippen LogP contribution in [0.15, 0.2) is 54.6 Å². The molecule has 2 aromatic carbocycles. The molecule has 3 aromatic rings. The Morgan fingerprint density at radius 1 is 1.04 bits per heavy atom. The first-order valence-corrected chi connectivity index (χ1v) is 7.93. The van der Waals surface area contributed by atoms with E-state index in [9.17, 15) is 14.9 Å². The number of hydrogen-bond acceptors (Lipinski definition) is 3. The first kappa shape index (κ1) is 16.6. The molecule has 0 saturated heterocycles. The third-order valence-electron chi connectivity index (χ3n) is 4.27. The van der Waals surface area contributed by atoms with E-state index in [1.54, 1.807) is 12.1 Å². The van der Waals surface area contributed by atoms with Crippen molar-refractivity contribution in [2.45, 2.75) is 20.8 Å². The summed E-state index contributed by atoms with van der Waals surface area (Å²) in [5, 5.41) is 11.1. The summed E-state index contributed by atoms with van der Waals surface area (Å²) in [5.74, 6) is -0.0324. The molecule has 126 valence electrons. The van der Waals surface area contributed by atoms with Crippen LogP contribution >= 0.6 is 0 Å². The van der Waals surface area contributed by atoms with Gasteiger partial charge in [0.05, 0.1) is 10.6 Å². The van der Waals surface area contributed by atoms with Crippen LogP contribution in [-0.2, 0) is 0 Å². The predicted molar refractivity (Wildman–Crippen MR) is 97.3 cm³/mol. The topological polar surface area (TPSA) is 65.1 Å². The van der Waals surface area contributed by atoms with E-state index < -0.39 is 4.92 Å². The van der Waals surface area contributed by atoms with Crippen LogP contribution in [0.3, 0.4) is 0 Å². The molecule has 0 fully saturated rings. The number of non-ortho nitro benzene ring substituents is 1. The first-order valence-electron chi connectivity index (χ1n) is 7.93. The summed E-state index contributed by atoms with van der Waals surface area (Å²) in [6, 6.07) is 16.2. The van der Waals surface area contributed by atoms with Gasteiger partial charge in [-0.1, -0.05) is 29.8 Å². The fraction of sp³-hybridized carbons (Fsp3) is 0.150. The summed E-state index contributed by atoms with van der Waals surface area (Å²) in [4.78, 5) is 22.7. The Morgan fingerprint density at radius 2 is 1.72 bits per heavy atom. The summed E-state index contributed by atoms with van der Waals surface area (Å²) in [5.41, 5.74) is 4.96. The van der Waals surface area contributed by atoms with Crippen LogP contribution < -0.4 is 0 Å². The van der Waals surface area contributed by atoms with Gasteiger partial charge in [-0.25, -0.2) is 0 Å². The van der Waals surface area contributed by atoms with Crippen molar-refractivity contribution in [2.75, 3.05) is 0 Å². The maximum atomic E-state index is 12.0. The van der Waals surface area contributed by atoms with Gasteiger partial charge in [0.25, 0.3) is 5.69 Å². The molecule has 0 N–H and O–H groups in total. The number of nitro groups is 1. The van der Waals surface area contributed by atoms with Crippen molar-refractivity contribution in [3.8, 4) is 16.9 Å². The van der Waals surface area contributed by atoms with Crippen LogP contribution in [0, 0.1) is 24.0 Å². The van der Waals surface area contributed by atoms with Crippen molar-refractivity contribution in [1.29, 1.82) is 0 Å². The minimum atomic E-state index is -0.415. The Morgan fingerprint density at radius 3 is 2.32 bits per heavy atom. The number of carbonyl (C=O) groups excluding carboxylic acids is 1. The number of nitrogens with zero attached hydrogens (tertiary/aromatic N) is 2. The fourth-order valence-electron chi connectivity index (χ4n) is 2.98. The summed E-state index contributed by atoms with van der Waals surface area (Å²) < 4.78 is 1.97. The lowest BCUT2D eigenvalue weighted by atomic mass is 10.1. The highest BCUT2D eigenvalue weighted by atomic mass is 16.6. The van der Waals surface area contributed by atoms with Crippen molar-refractivity contribution in [3.05, 3.63) is 81.5 Å². The molecule has 0 atom stereocenters. The molecule has 0 aliphatic rings. The largest absolute Gasteiger partial charge is 0.313 e. The molecular formula is C20H18N2O3. The molecule has 1 heterocycles. The Kier molecular flexibility index (Phi) is 4.23. The number of aryl methyl sites for hydroxylation is 1. The molecule has 0 bridgehead atoms. The average molecular weight is 334 g/mol. The summed E-state index contributed by atoms with van der Waals surface area (Å²) in [6.45, 7) is 5.42. The van der Waals surface area contributed by atoms with Gasteiger partial charge in [0.2, 0.25) is 0 Å². The molecule has 25 heavy (non-hydrogen) atoms. The monoisotopic (exact) mass is 334 g/mol. The Balaban J connectivity index is 2.27. The standard InChI is InChI=1S/C20H18N2O3/c1-13-7-9-17(10-8-13)21-14(2)19(15(3)23)12-20(21)16-5-4-6-18(11-16)22(24)25/h4-12H,1-3H3. The van der Waals surface area contributed by atoms with Crippen molar-refractivity contribution in [2.24, 2.45) is 0 Å². The van der Waals surface area contributed by atoms with Crippen molar-refractivity contribution >= 4 is 11.5 Å². The molecule has 0 amide bonds. The fourth-order valence-corrected chi connectivity index (χ4v) is 2.98. The van der Waals surface area contributed by atoms with Gasteiger partial charge < -0.3 is 4.57 Å². The number of nitro benzene ring substituents is 1. The predicted octanol–water partition coefficient (Wildman–Crippen LogP) is 4.87. The molecule has 0 aliphatic carbocycles. The number of aromatic nitrogens is 1. The van der Waals surface area contributed by atoms with Crippen LogP contribution in [0.1, 0.15) is 28.5 Å². The van der Waals surface area contributed by atoms with E-state index in [0.717, 1.165) is 22.6 Å². The summed E-state index contributed by atoms with van der Waals surface area (Å²) in [7, 11) is 0. The maximum absolute atomic E-state index is 12.0. The molecule has 5 heteroatoms. The normalized spacial score (nSPS) is 10.7. The second-order valence-corrected chi connectivity index (χ2v) is 6.06. The zero-order chi connectivity index (χ0) is 18.1. The van der Waals surface area contributed by atoms with Crippen molar-refractivity contribution in [3.63, 3.8) is 0 Å². The van der Waals surface area contributed by atoms with Gasteiger partial charge in [0, 0.05) is 34.6 Å².